The minimum absolute atomic E-state index is 0.0263. The Morgan fingerprint density at radius 3 is 2.96 bits per heavy atom. The molecule has 1 aliphatic heterocycles. The Morgan fingerprint density at radius 1 is 1.43 bits per heavy atom. The number of amidine groups is 1. The Balaban J connectivity index is 1.85. The molecule has 0 radical (unpaired) electrons. The fourth-order valence-electron chi connectivity index (χ4n) is 2.81. The molecule has 0 spiro atoms. The fourth-order valence-corrected chi connectivity index (χ4v) is 2.81. The van der Waals surface area contributed by atoms with Gasteiger partial charge in [0, 0.05) is 24.2 Å². The second kappa shape index (κ2) is 8.49. The Bertz CT molecular complexity index is 940. The zero-order valence-electron chi connectivity index (χ0n) is 15.9. The molecular weight excluding hydrogens is 358 g/mol. The van der Waals surface area contributed by atoms with Crippen molar-refractivity contribution in [1.82, 2.24) is 5.01 Å². The number of hydrazone groups is 1. The summed E-state index contributed by atoms with van der Waals surface area (Å²) in [6.45, 7) is 0.803. The van der Waals surface area contributed by atoms with Crippen LogP contribution in [0.25, 0.3) is 0 Å². The molecule has 9 nitrogen and oxygen atoms in total. The number of methoxy groups -OCH3 is 1. The maximum Gasteiger partial charge on any atom is 0.173 e. The van der Waals surface area contributed by atoms with Gasteiger partial charge in [-0.25, -0.2) is 14.6 Å². The van der Waals surface area contributed by atoms with Crippen LogP contribution in [0.3, 0.4) is 0 Å². The molecule has 146 valence electrons. The molecule has 28 heavy (non-hydrogen) atoms. The van der Waals surface area contributed by atoms with Gasteiger partial charge in [-0.3, -0.25) is 5.41 Å². The number of nitrogens with two attached hydrogens (primary N) is 1. The number of aliphatic hydroxyl groups excluding tert-OH is 1. The van der Waals surface area contributed by atoms with Crippen molar-refractivity contribution in [2.75, 3.05) is 31.3 Å². The van der Waals surface area contributed by atoms with Crippen LogP contribution in [0.5, 0.6) is 5.75 Å². The third kappa shape index (κ3) is 4.26. The van der Waals surface area contributed by atoms with E-state index < -0.39 is 0 Å². The first-order valence-corrected chi connectivity index (χ1v) is 8.77. The van der Waals surface area contributed by atoms with Crippen molar-refractivity contribution in [3.05, 3.63) is 42.2 Å². The van der Waals surface area contributed by atoms with Gasteiger partial charge in [-0.05, 0) is 12.1 Å². The minimum atomic E-state index is -0.0263. The van der Waals surface area contributed by atoms with E-state index in [0.717, 1.165) is 5.56 Å². The van der Waals surface area contributed by atoms with Crippen LogP contribution in [0.15, 0.2) is 46.8 Å². The summed E-state index contributed by atoms with van der Waals surface area (Å²) < 4.78 is 7.23. The number of ether oxygens (including phenoxy) is 1. The molecule has 0 amide bonds. The summed E-state index contributed by atoms with van der Waals surface area (Å²) in [7, 11) is 3.48. The quantitative estimate of drug-likeness (QED) is 0.421. The van der Waals surface area contributed by atoms with E-state index in [1.165, 1.54) is 7.11 Å². The van der Waals surface area contributed by atoms with Gasteiger partial charge in [-0.15, -0.1) is 0 Å². The van der Waals surface area contributed by atoms with Gasteiger partial charge < -0.3 is 20.9 Å². The van der Waals surface area contributed by atoms with Gasteiger partial charge in [-0.1, -0.05) is 0 Å². The van der Waals surface area contributed by atoms with Crippen LogP contribution < -0.4 is 20.4 Å². The van der Waals surface area contributed by atoms with E-state index in [1.807, 2.05) is 36.1 Å². The van der Waals surface area contributed by atoms with E-state index in [4.69, 9.17) is 21.0 Å². The molecule has 2 heterocycles. The molecule has 0 saturated heterocycles. The van der Waals surface area contributed by atoms with Crippen LogP contribution in [0.4, 0.5) is 17.1 Å². The van der Waals surface area contributed by atoms with Gasteiger partial charge in [0.1, 0.15) is 18.5 Å². The molecule has 3 rings (SSSR count). The van der Waals surface area contributed by atoms with E-state index in [9.17, 15) is 0 Å². The van der Waals surface area contributed by atoms with Crippen molar-refractivity contribution in [3.63, 3.8) is 0 Å². The van der Waals surface area contributed by atoms with Crippen LogP contribution in [-0.4, -0.2) is 48.1 Å². The molecule has 1 aliphatic rings. The minimum Gasteiger partial charge on any atom is -0.495 e. The number of pyridine rings is 1. The fraction of sp³-hybridized carbons (Fsp3) is 0.263. The number of nitrogens with one attached hydrogen (secondary N) is 2. The van der Waals surface area contributed by atoms with Crippen molar-refractivity contribution >= 4 is 34.8 Å². The van der Waals surface area contributed by atoms with Crippen LogP contribution in [0.2, 0.25) is 0 Å². The summed E-state index contributed by atoms with van der Waals surface area (Å²) in [5, 5.41) is 26.5. The largest absolute Gasteiger partial charge is 0.495 e. The topological polar surface area (TPSA) is 123 Å². The highest BCUT2D eigenvalue weighted by molar-refractivity contribution is 6.63. The van der Waals surface area contributed by atoms with Crippen molar-refractivity contribution < 1.29 is 14.4 Å². The highest BCUT2D eigenvalue weighted by atomic mass is 16.5. The Morgan fingerprint density at radius 2 is 2.25 bits per heavy atom. The maximum atomic E-state index is 9.09. The van der Waals surface area contributed by atoms with Gasteiger partial charge in [0.25, 0.3) is 0 Å². The van der Waals surface area contributed by atoms with Gasteiger partial charge in [0.15, 0.2) is 18.2 Å². The van der Waals surface area contributed by atoms with Gasteiger partial charge in [0.05, 0.1) is 43.5 Å². The maximum absolute atomic E-state index is 9.09. The van der Waals surface area contributed by atoms with E-state index in [-0.39, 0.29) is 12.4 Å². The molecular formula is C19H24N7O2+. The average molecular weight is 382 g/mol. The van der Waals surface area contributed by atoms with Crippen molar-refractivity contribution in [2.45, 2.75) is 6.54 Å². The van der Waals surface area contributed by atoms with Gasteiger partial charge in [0.2, 0.25) is 0 Å². The number of aliphatic hydroxyl groups is 1. The molecule has 2 aromatic rings. The summed E-state index contributed by atoms with van der Waals surface area (Å²) in [4.78, 5) is 4.57. The van der Waals surface area contributed by atoms with Crippen molar-refractivity contribution in [1.29, 1.82) is 5.41 Å². The van der Waals surface area contributed by atoms with Crippen molar-refractivity contribution in [2.24, 2.45) is 17.1 Å². The number of aryl methyl sites for hydroxylation is 1. The standard InChI is InChI=1S/C19H24N7O2/c1-25-6-3-4-13(11-25)12-26-19(21)17(10-23-26)24-16-9-18(28-2)14(20)8-15(16)22-5-7-27/h3-4,6,8-11,21-22,27H,5,7,12,20H2,1-2H3/q+1. The third-order valence-corrected chi connectivity index (χ3v) is 4.17. The van der Waals surface area contributed by atoms with Crippen LogP contribution in [0.1, 0.15) is 5.56 Å². The Kier molecular flexibility index (Phi) is 5.85. The second-order valence-corrected chi connectivity index (χ2v) is 6.29. The van der Waals surface area contributed by atoms with Gasteiger partial charge >= 0.3 is 0 Å². The lowest BCUT2D eigenvalue weighted by molar-refractivity contribution is -0.672. The first-order valence-electron chi connectivity index (χ1n) is 8.77. The summed E-state index contributed by atoms with van der Waals surface area (Å²) in [5.41, 5.74) is 9.10. The third-order valence-electron chi connectivity index (χ3n) is 4.17. The number of anilines is 2. The molecule has 5 N–H and O–H groups in total. The summed E-state index contributed by atoms with van der Waals surface area (Å²) in [6.07, 6.45) is 5.49. The first-order chi connectivity index (χ1) is 13.5. The lowest BCUT2D eigenvalue weighted by Crippen LogP contribution is -2.30. The van der Waals surface area contributed by atoms with Gasteiger partial charge in [-0.2, -0.15) is 5.10 Å². The number of rotatable bonds is 7. The summed E-state index contributed by atoms with van der Waals surface area (Å²) in [6, 6.07) is 7.33. The Hall–Kier alpha value is -3.46. The normalized spacial score (nSPS) is 14.8. The van der Waals surface area contributed by atoms with Crippen LogP contribution in [0, 0.1) is 5.41 Å². The predicted octanol–water partition coefficient (Wildman–Crippen LogP) is 1.06. The highest BCUT2D eigenvalue weighted by Gasteiger charge is 2.22. The molecule has 0 saturated carbocycles. The predicted molar refractivity (Wildman–Crippen MR) is 109 cm³/mol. The van der Waals surface area contributed by atoms with E-state index in [1.54, 1.807) is 23.4 Å². The van der Waals surface area contributed by atoms with E-state index in [2.05, 4.69) is 15.4 Å². The Labute approximate surface area is 163 Å². The molecule has 0 fully saturated rings. The monoisotopic (exact) mass is 382 g/mol. The molecule has 0 atom stereocenters. The SMILES string of the molecule is COc1cc(N=C2C=NN(Cc3ccc[n+](C)c3)C2=N)c(NCCO)cc1N. The average Bonchev–Trinajstić information content (AvgIpc) is 3.01. The summed E-state index contributed by atoms with van der Waals surface area (Å²) in [5.74, 6) is 0.694. The molecule has 0 aliphatic carbocycles. The zero-order chi connectivity index (χ0) is 20.1. The smallest absolute Gasteiger partial charge is 0.173 e. The number of hydrogen-bond acceptors (Lipinski definition) is 7. The van der Waals surface area contributed by atoms with E-state index in [0.29, 0.717) is 41.6 Å². The number of nitrogens with zero attached hydrogens (tertiary/aromatic N) is 4. The lowest BCUT2D eigenvalue weighted by Gasteiger charge is -2.14. The number of nitrogen functional groups attached to an aromatic ring is 1. The zero-order valence-corrected chi connectivity index (χ0v) is 15.9. The first kappa shape index (κ1) is 19.3. The lowest BCUT2D eigenvalue weighted by atomic mass is 10.2. The van der Waals surface area contributed by atoms with Crippen LogP contribution in [-0.2, 0) is 13.6 Å². The van der Waals surface area contributed by atoms with Crippen LogP contribution >= 0.6 is 0 Å². The molecule has 0 bridgehead atoms. The number of hydrogen-bond donors (Lipinski definition) is 4. The molecule has 1 aromatic carbocycles. The molecule has 0 unspecified atom stereocenters. The summed E-state index contributed by atoms with van der Waals surface area (Å²) >= 11 is 0. The molecule has 1 aromatic heterocycles. The molecule has 9 heteroatoms. The van der Waals surface area contributed by atoms with E-state index >= 15 is 0 Å². The number of aromatic nitrogens is 1. The number of benzene rings is 1. The van der Waals surface area contributed by atoms with Crippen molar-refractivity contribution in [3.8, 4) is 5.75 Å². The second-order valence-electron chi connectivity index (χ2n) is 6.29. The highest BCUT2D eigenvalue weighted by Crippen LogP contribution is 2.35. The number of aliphatic imine (C=N–C) groups is 1.